The van der Waals surface area contributed by atoms with Gasteiger partial charge in [-0.2, -0.15) is 11.3 Å². The first-order chi connectivity index (χ1) is 9.86. The summed E-state index contributed by atoms with van der Waals surface area (Å²) in [7, 11) is 0. The molecule has 2 heterocycles. The fourth-order valence-corrected chi connectivity index (χ4v) is 4.61. The van der Waals surface area contributed by atoms with Crippen molar-refractivity contribution in [2.24, 2.45) is 5.92 Å². The van der Waals surface area contributed by atoms with E-state index in [1.165, 1.54) is 57.2 Å². The molecule has 3 rings (SSSR count). The molecule has 3 heteroatoms. The van der Waals surface area contributed by atoms with Crippen LogP contribution >= 0.6 is 11.3 Å². The van der Waals surface area contributed by atoms with Crippen molar-refractivity contribution in [1.82, 2.24) is 10.2 Å². The Morgan fingerprint density at radius 3 is 2.85 bits per heavy atom. The van der Waals surface area contributed by atoms with Gasteiger partial charge in [0.2, 0.25) is 0 Å². The molecule has 2 atom stereocenters. The number of nitrogens with zero attached hydrogens (tertiary/aromatic N) is 1. The molecular formula is C17H28N2S. The summed E-state index contributed by atoms with van der Waals surface area (Å²) in [5.41, 5.74) is 1.50. The normalized spacial score (nSPS) is 29.6. The number of nitrogens with one attached hydrogen (secondary N) is 1. The maximum Gasteiger partial charge on any atom is 0.0246 e. The van der Waals surface area contributed by atoms with Crippen molar-refractivity contribution in [2.75, 3.05) is 13.1 Å². The predicted octanol–water partition coefficient (Wildman–Crippen LogP) is 3.88. The van der Waals surface area contributed by atoms with Crippen molar-refractivity contribution in [3.63, 3.8) is 0 Å². The second-order valence-electron chi connectivity index (χ2n) is 6.54. The van der Waals surface area contributed by atoms with E-state index in [0.29, 0.717) is 0 Å². The van der Waals surface area contributed by atoms with Crippen LogP contribution in [-0.4, -0.2) is 30.1 Å². The lowest BCUT2D eigenvalue weighted by Gasteiger charge is -2.43. The van der Waals surface area contributed by atoms with Gasteiger partial charge in [-0.3, -0.25) is 4.90 Å². The Kier molecular flexibility index (Phi) is 5.14. The fourth-order valence-electron chi connectivity index (χ4n) is 3.95. The first kappa shape index (κ1) is 14.6. The number of hydrogen-bond donors (Lipinski definition) is 1. The van der Waals surface area contributed by atoms with E-state index in [9.17, 15) is 0 Å². The minimum Gasteiger partial charge on any atom is -0.311 e. The maximum absolute atomic E-state index is 3.86. The lowest BCUT2D eigenvalue weighted by atomic mass is 9.82. The summed E-state index contributed by atoms with van der Waals surface area (Å²) in [6.45, 7) is 5.90. The molecule has 1 aliphatic carbocycles. The molecule has 0 aromatic carbocycles. The third kappa shape index (κ3) is 3.44. The van der Waals surface area contributed by atoms with Crippen LogP contribution in [0.5, 0.6) is 0 Å². The summed E-state index contributed by atoms with van der Waals surface area (Å²) in [5, 5.41) is 8.38. The molecule has 2 aliphatic rings. The Morgan fingerprint density at radius 1 is 1.30 bits per heavy atom. The van der Waals surface area contributed by atoms with Crippen LogP contribution in [0, 0.1) is 5.92 Å². The smallest absolute Gasteiger partial charge is 0.0246 e. The zero-order valence-corrected chi connectivity index (χ0v) is 13.5. The van der Waals surface area contributed by atoms with E-state index in [1.54, 1.807) is 0 Å². The molecule has 20 heavy (non-hydrogen) atoms. The van der Waals surface area contributed by atoms with Crippen molar-refractivity contribution in [1.29, 1.82) is 0 Å². The summed E-state index contributed by atoms with van der Waals surface area (Å²) >= 11 is 1.82. The molecule has 1 aliphatic heterocycles. The second-order valence-corrected chi connectivity index (χ2v) is 7.32. The van der Waals surface area contributed by atoms with Crippen LogP contribution in [0.3, 0.4) is 0 Å². The zero-order chi connectivity index (χ0) is 13.8. The molecular weight excluding hydrogens is 264 g/mol. The van der Waals surface area contributed by atoms with Gasteiger partial charge < -0.3 is 5.32 Å². The van der Waals surface area contributed by atoms with Gasteiger partial charge in [-0.15, -0.1) is 0 Å². The van der Waals surface area contributed by atoms with Gasteiger partial charge in [0.05, 0.1) is 0 Å². The standard InChI is InChI=1S/C17H28N2S/c1-2-16-10-18-17(15-6-4-3-5-7-15)12-19(16)11-14-8-9-20-13-14/h8-9,13,15-18H,2-7,10-12H2,1H3. The van der Waals surface area contributed by atoms with Crippen molar-refractivity contribution >= 4 is 11.3 Å². The van der Waals surface area contributed by atoms with Gasteiger partial charge in [0, 0.05) is 31.7 Å². The molecule has 1 saturated heterocycles. The molecule has 0 amide bonds. The molecule has 2 unspecified atom stereocenters. The number of piperazine rings is 1. The highest BCUT2D eigenvalue weighted by atomic mass is 32.1. The van der Waals surface area contributed by atoms with E-state index in [2.05, 4.69) is 34.0 Å². The van der Waals surface area contributed by atoms with E-state index >= 15 is 0 Å². The van der Waals surface area contributed by atoms with Crippen LogP contribution in [0.4, 0.5) is 0 Å². The topological polar surface area (TPSA) is 15.3 Å². The third-order valence-electron chi connectivity index (χ3n) is 5.22. The molecule has 1 aromatic heterocycles. The number of thiophene rings is 1. The average Bonchev–Trinajstić information content (AvgIpc) is 3.01. The molecule has 1 aromatic rings. The minimum absolute atomic E-state index is 0.717. The van der Waals surface area contributed by atoms with Crippen LogP contribution in [-0.2, 0) is 6.54 Å². The van der Waals surface area contributed by atoms with Crippen molar-refractivity contribution in [2.45, 2.75) is 64.1 Å². The average molecular weight is 292 g/mol. The summed E-state index contributed by atoms with van der Waals surface area (Å²) < 4.78 is 0. The zero-order valence-electron chi connectivity index (χ0n) is 12.7. The Labute approximate surface area is 127 Å². The highest BCUT2D eigenvalue weighted by molar-refractivity contribution is 7.07. The van der Waals surface area contributed by atoms with Crippen molar-refractivity contribution in [3.8, 4) is 0 Å². The lowest BCUT2D eigenvalue weighted by Crippen LogP contribution is -2.58. The van der Waals surface area contributed by atoms with Crippen LogP contribution in [0.25, 0.3) is 0 Å². The minimum atomic E-state index is 0.717. The third-order valence-corrected chi connectivity index (χ3v) is 5.95. The van der Waals surface area contributed by atoms with Crippen molar-refractivity contribution < 1.29 is 0 Å². The summed E-state index contributed by atoms with van der Waals surface area (Å²) in [6.07, 6.45) is 8.50. The summed E-state index contributed by atoms with van der Waals surface area (Å²) in [4.78, 5) is 2.73. The van der Waals surface area contributed by atoms with Gasteiger partial charge in [-0.25, -0.2) is 0 Å². The van der Waals surface area contributed by atoms with Crippen molar-refractivity contribution in [3.05, 3.63) is 22.4 Å². The van der Waals surface area contributed by atoms with E-state index in [4.69, 9.17) is 0 Å². The Balaban J connectivity index is 1.62. The second kappa shape index (κ2) is 7.06. The maximum atomic E-state index is 3.86. The van der Waals surface area contributed by atoms with Crippen LogP contribution < -0.4 is 5.32 Å². The van der Waals surface area contributed by atoms with E-state index in [0.717, 1.165) is 24.5 Å². The highest BCUT2D eigenvalue weighted by Crippen LogP contribution is 2.29. The summed E-state index contributed by atoms with van der Waals surface area (Å²) in [5.74, 6) is 0.923. The monoisotopic (exact) mass is 292 g/mol. The van der Waals surface area contributed by atoms with Crippen LogP contribution in [0.1, 0.15) is 51.0 Å². The molecule has 0 bridgehead atoms. The Bertz CT molecular complexity index is 384. The van der Waals surface area contributed by atoms with Gasteiger partial charge in [0.15, 0.2) is 0 Å². The predicted molar refractivity (Wildman–Crippen MR) is 87.2 cm³/mol. The lowest BCUT2D eigenvalue weighted by molar-refractivity contribution is 0.0874. The van der Waals surface area contributed by atoms with Gasteiger partial charge in [-0.1, -0.05) is 26.2 Å². The van der Waals surface area contributed by atoms with Gasteiger partial charge in [-0.05, 0) is 47.6 Å². The van der Waals surface area contributed by atoms with E-state index in [-0.39, 0.29) is 0 Å². The molecule has 1 N–H and O–H groups in total. The molecule has 2 nitrogen and oxygen atoms in total. The van der Waals surface area contributed by atoms with Gasteiger partial charge in [0.25, 0.3) is 0 Å². The Morgan fingerprint density at radius 2 is 2.15 bits per heavy atom. The van der Waals surface area contributed by atoms with Crippen LogP contribution in [0.2, 0.25) is 0 Å². The Hall–Kier alpha value is -0.380. The SMILES string of the molecule is CCC1CNC(C2CCCCC2)CN1Cc1ccsc1. The first-order valence-corrected chi connectivity index (χ1v) is 9.29. The summed E-state index contributed by atoms with van der Waals surface area (Å²) in [6, 6.07) is 3.74. The van der Waals surface area contributed by atoms with Crippen LogP contribution in [0.15, 0.2) is 16.8 Å². The number of rotatable bonds is 4. The molecule has 112 valence electrons. The number of hydrogen-bond acceptors (Lipinski definition) is 3. The van der Waals surface area contributed by atoms with E-state index < -0.39 is 0 Å². The van der Waals surface area contributed by atoms with E-state index in [1.807, 2.05) is 11.3 Å². The van der Waals surface area contributed by atoms with Gasteiger partial charge in [0.1, 0.15) is 0 Å². The van der Waals surface area contributed by atoms with Gasteiger partial charge >= 0.3 is 0 Å². The molecule has 1 saturated carbocycles. The molecule has 0 spiro atoms. The fraction of sp³-hybridized carbons (Fsp3) is 0.765. The largest absolute Gasteiger partial charge is 0.311 e. The molecule has 2 fully saturated rings. The quantitative estimate of drug-likeness (QED) is 0.906. The first-order valence-electron chi connectivity index (χ1n) is 8.35. The molecule has 0 radical (unpaired) electrons. The highest BCUT2D eigenvalue weighted by Gasteiger charge is 2.31.